The summed E-state index contributed by atoms with van der Waals surface area (Å²) in [4.78, 5) is 59.8. The maximum absolute atomic E-state index is 12.7. The van der Waals surface area contributed by atoms with Crippen LogP contribution in [0, 0.1) is 0 Å². The van der Waals surface area contributed by atoms with Crippen LogP contribution in [0.2, 0.25) is 0 Å². The third-order valence-electron chi connectivity index (χ3n) is 4.85. The van der Waals surface area contributed by atoms with Gasteiger partial charge in [-0.15, -0.1) is 0 Å². The molecule has 0 aliphatic heterocycles. The highest BCUT2D eigenvalue weighted by Crippen LogP contribution is 2.06. The molecule has 0 aromatic carbocycles. The van der Waals surface area contributed by atoms with E-state index in [1.54, 1.807) is 6.26 Å². The number of carbonyl (C=O) groups is 5. The van der Waals surface area contributed by atoms with Gasteiger partial charge in [-0.2, -0.15) is 11.8 Å². The van der Waals surface area contributed by atoms with E-state index in [1.807, 2.05) is 0 Å². The van der Waals surface area contributed by atoms with Gasteiger partial charge >= 0.3 is 11.9 Å². The lowest BCUT2D eigenvalue weighted by Gasteiger charge is -2.26. The molecule has 11 N–H and O–H groups in total. The maximum Gasteiger partial charge on any atom is 0.327 e. The normalized spacial score (nSPS) is 17.0. The zero-order valence-electron chi connectivity index (χ0n) is 19.7. The molecule has 0 heterocycles. The smallest absolute Gasteiger partial charge is 0.327 e. The van der Waals surface area contributed by atoms with Crippen LogP contribution >= 0.6 is 11.8 Å². The van der Waals surface area contributed by atoms with Gasteiger partial charge in [0.25, 0.3) is 0 Å². The fraction of sp³-hybridized carbons (Fsp3) is 0.737. The third kappa shape index (κ3) is 11.9. The number of thioether (sulfide) groups is 1. The Hall–Kier alpha value is -2.54. The number of hydrogen-bond acceptors (Lipinski definition) is 12. The van der Waals surface area contributed by atoms with E-state index >= 15 is 0 Å². The zero-order valence-corrected chi connectivity index (χ0v) is 20.5. The predicted octanol–water partition coefficient (Wildman–Crippen LogP) is -5.59. The third-order valence-corrected chi connectivity index (χ3v) is 5.51. The zero-order chi connectivity index (χ0) is 28.0. The van der Waals surface area contributed by atoms with E-state index < -0.39 is 98.2 Å². The van der Waals surface area contributed by atoms with Gasteiger partial charge in [0.15, 0.2) is 0 Å². The van der Waals surface area contributed by atoms with E-state index in [9.17, 15) is 49.5 Å². The number of amides is 3. The molecule has 0 rings (SSSR count). The number of hydrogen-bond donors (Lipinski definition) is 11. The van der Waals surface area contributed by atoms with Crippen LogP contribution in [0.4, 0.5) is 0 Å². The van der Waals surface area contributed by atoms with Crippen LogP contribution in [-0.4, -0.2) is 140 Å². The quantitative estimate of drug-likeness (QED) is 0.0770. The van der Waals surface area contributed by atoms with Crippen LogP contribution in [0.25, 0.3) is 0 Å². The second-order valence-corrected chi connectivity index (χ2v) is 8.57. The highest BCUT2D eigenvalue weighted by Gasteiger charge is 2.32. The Kier molecular flexibility index (Phi) is 15.8. The first-order valence-corrected chi connectivity index (χ1v) is 12.0. The van der Waals surface area contributed by atoms with E-state index in [2.05, 4.69) is 21.3 Å². The van der Waals surface area contributed by atoms with Crippen molar-refractivity contribution in [3.05, 3.63) is 0 Å². The topological polar surface area (TPSA) is 275 Å². The first-order chi connectivity index (χ1) is 16.8. The molecule has 0 aliphatic rings. The second-order valence-electron chi connectivity index (χ2n) is 7.66. The Balaban J connectivity index is 5.43. The van der Waals surface area contributed by atoms with Crippen LogP contribution < -0.4 is 21.3 Å². The van der Waals surface area contributed by atoms with Crippen LogP contribution in [0.1, 0.15) is 12.8 Å². The first-order valence-electron chi connectivity index (χ1n) is 10.6. The van der Waals surface area contributed by atoms with Crippen molar-refractivity contribution in [3.8, 4) is 0 Å². The standard InChI is InChI=1S/C19H34N4O12S/c1-20-8(4-14(28)29)17(32)22-9(18(33)23-10(7-36-2)19(34)35)3-13(27)21-5-11(25)15(30)16(31)12(26)6-24/h8-12,15-16,20,24-26,30-31H,3-7H2,1-2H3,(H,21,27)(H,22,32)(H,23,33)(H,28,29)(H,34,35)/t8-,9?,10-,11-,12+,15+,16+/m0/s1. The number of carbonyl (C=O) groups excluding carboxylic acids is 3. The number of carboxylic acid groups (broad SMARTS) is 2. The summed E-state index contributed by atoms with van der Waals surface area (Å²) in [7, 11) is 1.29. The number of likely N-dealkylation sites (N-methyl/N-ethyl adjacent to an activating group) is 1. The monoisotopic (exact) mass is 542 g/mol. The summed E-state index contributed by atoms with van der Waals surface area (Å²) in [5, 5.41) is 74.6. The first kappa shape index (κ1) is 33.5. The highest BCUT2D eigenvalue weighted by molar-refractivity contribution is 7.98. The summed E-state index contributed by atoms with van der Waals surface area (Å²) in [5.74, 6) is -5.68. The SMILES string of the molecule is CN[C@@H](CC(=O)O)C(=O)NC(CC(=O)NC[C@H](O)[C@@H](O)[C@H](O)[C@H](O)CO)C(=O)N[C@@H](CSC)C(=O)O. The fourth-order valence-electron chi connectivity index (χ4n) is 2.76. The van der Waals surface area contributed by atoms with Crippen LogP contribution in [0.15, 0.2) is 0 Å². The summed E-state index contributed by atoms with van der Waals surface area (Å²) in [6.07, 6.45) is -7.28. The van der Waals surface area contributed by atoms with Crippen molar-refractivity contribution < 1.29 is 59.7 Å². The van der Waals surface area contributed by atoms with Crippen molar-refractivity contribution in [1.82, 2.24) is 21.3 Å². The van der Waals surface area contributed by atoms with Crippen molar-refractivity contribution in [2.75, 3.05) is 32.2 Å². The van der Waals surface area contributed by atoms with Crippen molar-refractivity contribution in [3.63, 3.8) is 0 Å². The molecule has 0 saturated carbocycles. The van der Waals surface area contributed by atoms with E-state index in [0.717, 1.165) is 11.8 Å². The highest BCUT2D eigenvalue weighted by atomic mass is 32.2. The number of aliphatic hydroxyl groups is 5. The molecule has 17 heteroatoms. The predicted molar refractivity (Wildman–Crippen MR) is 124 cm³/mol. The molecule has 1 unspecified atom stereocenters. The van der Waals surface area contributed by atoms with E-state index in [4.69, 9.17) is 10.2 Å². The number of nitrogens with one attached hydrogen (secondary N) is 4. The average Bonchev–Trinajstić information content (AvgIpc) is 2.82. The lowest BCUT2D eigenvalue weighted by molar-refractivity contribution is -0.142. The molecule has 208 valence electrons. The number of rotatable bonds is 18. The number of aliphatic carboxylic acids is 2. The average molecular weight is 543 g/mol. The summed E-state index contributed by atoms with van der Waals surface area (Å²) in [6, 6.07) is -4.28. The Labute approximate surface area is 210 Å². The summed E-state index contributed by atoms with van der Waals surface area (Å²) in [6.45, 7) is -1.57. The van der Waals surface area contributed by atoms with Crippen LogP contribution in [0.5, 0.6) is 0 Å². The molecule has 0 saturated heterocycles. The summed E-state index contributed by atoms with van der Waals surface area (Å²) in [5.41, 5.74) is 0. The van der Waals surface area contributed by atoms with Gasteiger partial charge in [0.1, 0.15) is 30.4 Å². The van der Waals surface area contributed by atoms with Gasteiger partial charge in [-0.05, 0) is 13.3 Å². The minimum Gasteiger partial charge on any atom is -0.481 e. The van der Waals surface area contributed by atoms with Gasteiger partial charge in [0.2, 0.25) is 17.7 Å². The number of aliphatic hydroxyl groups excluding tert-OH is 5. The fourth-order valence-corrected chi connectivity index (χ4v) is 3.31. The summed E-state index contributed by atoms with van der Waals surface area (Å²) < 4.78 is 0. The van der Waals surface area contributed by atoms with Gasteiger partial charge in [-0.1, -0.05) is 0 Å². The van der Waals surface area contributed by atoms with Gasteiger partial charge < -0.3 is 57.0 Å². The molecule has 0 aromatic heterocycles. The van der Waals surface area contributed by atoms with E-state index in [0.29, 0.717) is 0 Å². The Morgan fingerprint density at radius 1 is 0.806 bits per heavy atom. The molecule has 0 aromatic rings. The lowest BCUT2D eigenvalue weighted by Crippen LogP contribution is -2.57. The molecule has 7 atom stereocenters. The molecule has 0 fully saturated rings. The van der Waals surface area contributed by atoms with E-state index in [-0.39, 0.29) is 5.75 Å². The minimum absolute atomic E-state index is 0.0296. The van der Waals surface area contributed by atoms with Crippen molar-refractivity contribution in [2.24, 2.45) is 0 Å². The van der Waals surface area contributed by atoms with Gasteiger partial charge in [-0.25, -0.2) is 4.79 Å². The van der Waals surface area contributed by atoms with E-state index in [1.165, 1.54) is 7.05 Å². The lowest BCUT2D eigenvalue weighted by atomic mass is 10.0. The molecule has 0 bridgehead atoms. The number of carboxylic acids is 2. The molecule has 0 radical (unpaired) electrons. The van der Waals surface area contributed by atoms with Crippen molar-refractivity contribution in [2.45, 2.75) is 55.4 Å². The molecule has 36 heavy (non-hydrogen) atoms. The minimum atomic E-state index is -1.96. The molecule has 16 nitrogen and oxygen atoms in total. The molecular weight excluding hydrogens is 508 g/mol. The van der Waals surface area contributed by atoms with Gasteiger partial charge in [0.05, 0.1) is 31.6 Å². The van der Waals surface area contributed by atoms with Gasteiger partial charge in [-0.3, -0.25) is 19.2 Å². The molecule has 0 spiro atoms. The second kappa shape index (κ2) is 17.0. The van der Waals surface area contributed by atoms with Crippen molar-refractivity contribution >= 4 is 41.4 Å². The molecule has 0 aliphatic carbocycles. The van der Waals surface area contributed by atoms with Gasteiger partial charge in [0, 0.05) is 12.3 Å². The van der Waals surface area contributed by atoms with Crippen LogP contribution in [0.3, 0.4) is 0 Å². The molecule has 3 amide bonds. The Bertz CT molecular complexity index is 758. The Morgan fingerprint density at radius 2 is 1.33 bits per heavy atom. The summed E-state index contributed by atoms with van der Waals surface area (Å²) >= 11 is 1.11. The van der Waals surface area contributed by atoms with Crippen LogP contribution in [-0.2, 0) is 24.0 Å². The van der Waals surface area contributed by atoms with Crippen molar-refractivity contribution in [1.29, 1.82) is 0 Å². The largest absolute Gasteiger partial charge is 0.481 e. The maximum atomic E-state index is 12.7. The molecular formula is C19H34N4O12S. The Morgan fingerprint density at radius 3 is 1.81 bits per heavy atom.